The van der Waals surface area contributed by atoms with Gasteiger partial charge in [-0.15, -0.1) is 22.0 Å². The Kier molecular flexibility index (Phi) is 8.35. The summed E-state index contributed by atoms with van der Waals surface area (Å²) in [5.74, 6) is 2.43. The maximum absolute atomic E-state index is 5.97. The zero-order valence-corrected chi connectivity index (χ0v) is 26.1. The van der Waals surface area contributed by atoms with Gasteiger partial charge < -0.3 is 20.0 Å². The predicted octanol–water partition coefficient (Wildman–Crippen LogP) is 5.29. The second-order valence-corrected chi connectivity index (χ2v) is 18.7. The Hall–Kier alpha value is -3.62. The molecule has 14 heteroatoms. The minimum absolute atomic E-state index is 0.229. The summed E-state index contributed by atoms with van der Waals surface area (Å²) >= 11 is 1.75. The number of aromatic amines is 1. The van der Waals surface area contributed by atoms with Crippen LogP contribution in [0.2, 0.25) is 25.7 Å². The molecule has 0 bridgehead atoms. The van der Waals surface area contributed by atoms with Crippen LogP contribution in [0.15, 0.2) is 48.4 Å². The highest BCUT2D eigenvalue weighted by molar-refractivity contribution is 7.99. The minimum atomic E-state index is -1.12. The summed E-state index contributed by atoms with van der Waals surface area (Å²) < 4.78 is 10.1. The second kappa shape index (κ2) is 12.3. The van der Waals surface area contributed by atoms with E-state index in [0.717, 1.165) is 71.3 Å². The number of nitrogens with one attached hydrogen (secondary N) is 1. The molecule has 5 aromatic heterocycles. The molecule has 0 saturated heterocycles. The van der Waals surface area contributed by atoms with E-state index < -0.39 is 8.07 Å². The van der Waals surface area contributed by atoms with Crippen molar-refractivity contribution >= 4 is 36.8 Å². The van der Waals surface area contributed by atoms with Crippen LogP contribution in [-0.4, -0.2) is 69.9 Å². The molecule has 0 spiro atoms. The fourth-order valence-electron chi connectivity index (χ4n) is 5.30. The maximum Gasteiger partial charge on any atom is 0.220 e. The Morgan fingerprint density at radius 2 is 1.95 bits per heavy atom. The van der Waals surface area contributed by atoms with E-state index in [0.29, 0.717) is 30.2 Å². The fraction of sp³-hybridized carbons (Fsp3) is 0.464. The number of thioether (sulfide) groups is 1. The van der Waals surface area contributed by atoms with Crippen LogP contribution in [0.4, 0.5) is 5.95 Å². The minimum Gasteiger partial charge on any atom is -0.368 e. The summed E-state index contributed by atoms with van der Waals surface area (Å²) in [6.45, 7) is 8.36. The Balaban J connectivity index is 1.06. The molecule has 0 amide bonds. The summed E-state index contributed by atoms with van der Waals surface area (Å²) in [4.78, 5) is 21.7. The number of ether oxygens (including phenoxy) is 1. The zero-order chi connectivity index (χ0) is 29.1. The number of nitrogen functional groups attached to an aromatic ring is 1. The Morgan fingerprint density at radius 3 is 2.74 bits per heavy atom. The van der Waals surface area contributed by atoms with Gasteiger partial charge in [-0.25, -0.2) is 19.9 Å². The molecule has 0 atom stereocenters. The largest absolute Gasteiger partial charge is 0.368 e. The molecule has 6 rings (SSSR count). The van der Waals surface area contributed by atoms with E-state index in [9.17, 15) is 0 Å². The molecule has 1 fully saturated rings. The first-order valence-electron chi connectivity index (χ1n) is 14.4. The predicted molar refractivity (Wildman–Crippen MR) is 166 cm³/mol. The highest BCUT2D eigenvalue weighted by Gasteiger charge is 2.25. The van der Waals surface area contributed by atoms with E-state index in [-0.39, 0.29) is 5.95 Å². The first-order valence-corrected chi connectivity index (χ1v) is 19.1. The molecule has 220 valence electrons. The van der Waals surface area contributed by atoms with E-state index in [4.69, 9.17) is 15.6 Å². The molecule has 42 heavy (non-hydrogen) atoms. The van der Waals surface area contributed by atoms with Gasteiger partial charge in [0.2, 0.25) is 5.95 Å². The molecule has 3 N–H and O–H groups in total. The van der Waals surface area contributed by atoms with Gasteiger partial charge in [-0.05, 0) is 43.7 Å². The van der Waals surface area contributed by atoms with Crippen molar-refractivity contribution in [2.75, 3.05) is 18.1 Å². The molecule has 0 aromatic carbocycles. The normalized spacial score (nSPS) is 17.7. The lowest BCUT2D eigenvalue weighted by Gasteiger charge is -2.28. The van der Waals surface area contributed by atoms with Gasteiger partial charge in [0, 0.05) is 50.0 Å². The van der Waals surface area contributed by atoms with Gasteiger partial charge in [-0.3, -0.25) is 4.68 Å². The number of anilines is 1. The average Bonchev–Trinajstić information content (AvgIpc) is 3.76. The highest BCUT2D eigenvalue weighted by atomic mass is 32.2. The van der Waals surface area contributed by atoms with Gasteiger partial charge >= 0.3 is 0 Å². The van der Waals surface area contributed by atoms with Crippen LogP contribution in [0, 0.1) is 5.92 Å². The highest BCUT2D eigenvalue weighted by Crippen LogP contribution is 2.37. The molecule has 5 aromatic rings. The summed E-state index contributed by atoms with van der Waals surface area (Å²) in [5.41, 5.74) is 9.34. The quantitative estimate of drug-likeness (QED) is 0.116. The van der Waals surface area contributed by atoms with Gasteiger partial charge in [-0.2, -0.15) is 5.10 Å². The fourth-order valence-corrected chi connectivity index (χ4v) is 7.22. The average molecular weight is 604 g/mol. The molecule has 12 nitrogen and oxygen atoms in total. The summed E-state index contributed by atoms with van der Waals surface area (Å²) in [7, 11) is -1.12. The van der Waals surface area contributed by atoms with E-state index in [1.807, 2.05) is 12.4 Å². The lowest BCUT2D eigenvalue weighted by Crippen LogP contribution is -2.22. The standard InChI is InChI=1S/C28H37N11OSSi/c1-42(2,3)11-10-40-18-38-9-8-22-24(31-16-33-27(22)38)20-12-35-39(14-20)21-6-4-19(5-7-21)15-41-23-13-30-28(29)36-25(23)26-32-17-34-37-26/h8-9,12-14,16-17,19,21H,4-7,10-11,15,18H2,1-3H3,(H2,29,30,36)(H,32,34,37)/t19-,21+. The molecule has 1 saturated carbocycles. The lowest BCUT2D eigenvalue weighted by atomic mass is 9.87. The molecule has 5 heterocycles. The monoisotopic (exact) mass is 603 g/mol. The van der Waals surface area contributed by atoms with Crippen LogP contribution in [0.1, 0.15) is 31.7 Å². The molecular formula is C28H37N11OSSi. The summed E-state index contributed by atoms with van der Waals surface area (Å²) in [6, 6.07) is 3.60. The summed E-state index contributed by atoms with van der Waals surface area (Å²) in [6.07, 6.45) is 15.5. The van der Waals surface area contributed by atoms with E-state index >= 15 is 0 Å². The third-order valence-electron chi connectivity index (χ3n) is 7.74. The van der Waals surface area contributed by atoms with Crippen molar-refractivity contribution in [2.24, 2.45) is 5.92 Å². The molecule has 0 unspecified atom stereocenters. The number of H-pyrrole nitrogens is 1. The van der Waals surface area contributed by atoms with Crippen LogP contribution in [0.25, 0.3) is 33.8 Å². The van der Waals surface area contributed by atoms with Crippen molar-refractivity contribution in [2.45, 2.75) is 69.0 Å². The molecule has 1 aliphatic carbocycles. The third kappa shape index (κ3) is 6.55. The van der Waals surface area contributed by atoms with Crippen molar-refractivity contribution in [1.82, 2.24) is 49.5 Å². The first kappa shape index (κ1) is 28.5. The second-order valence-electron chi connectivity index (χ2n) is 12.1. The number of nitrogens with two attached hydrogens (primary N) is 1. The zero-order valence-electron chi connectivity index (χ0n) is 24.3. The number of fused-ring (bicyclic) bond motifs is 1. The van der Waals surface area contributed by atoms with Crippen LogP contribution >= 0.6 is 11.8 Å². The number of aromatic nitrogens is 10. The molecule has 1 aliphatic rings. The van der Waals surface area contributed by atoms with Gasteiger partial charge in [-0.1, -0.05) is 19.6 Å². The van der Waals surface area contributed by atoms with Gasteiger partial charge in [0.15, 0.2) is 5.82 Å². The van der Waals surface area contributed by atoms with E-state index in [1.165, 1.54) is 0 Å². The molecule has 0 radical (unpaired) electrons. The maximum atomic E-state index is 5.97. The Labute approximate surface area is 250 Å². The SMILES string of the molecule is C[Si](C)(C)CCOCn1ccc2c(-c3cnn([C@H]4CC[C@@H](CSc5cnc(N)nc5-c5nnc[nH]5)CC4)c3)ncnc21. The van der Waals surface area contributed by atoms with Crippen LogP contribution in [-0.2, 0) is 11.5 Å². The van der Waals surface area contributed by atoms with Crippen molar-refractivity contribution in [1.29, 1.82) is 0 Å². The lowest BCUT2D eigenvalue weighted by molar-refractivity contribution is 0.0899. The number of hydrogen-bond donors (Lipinski definition) is 2. The summed E-state index contributed by atoms with van der Waals surface area (Å²) in [5, 5.41) is 13.8. The van der Waals surface area contributed by atoms with Crippen molar-refractivity contribution in [3.8, 4) is 22.8 Å². The number of hydrogen-bond acceptors (Lipinski definition) is 10. The van der Waals surface area contributed by atoms with Crippen LogP contribution in [0.5, 0.6) is 0 Å². The van der Waals surface area contributed by atoms with Gasteiger partial charge in [0.25, 0.3) is 0 Å². The van der Waals surface area contributed by atoms with Crippen LogP contribution < -0.4 is 5.73 Å². The van der Waals surface area contributed by atoms with E-state index in [2.05, 4.69) is 76.3 Å². The molecular weight excluding hydrogens is 567 g/mol. The molecule has 0 aliphatic heterocycles. The van der Waals surface area contributed by atoms with E-state index in [1.54, 1.807) is 30.6 Å². The first-order chi connectivity index (χ1) is 20.3. The Bertz CT molecular complexity index is 1620. The van der Waals surface area contributed by atoms with Crippen LogP contribution in [0.3, 0.4) is 0 Å². The van der Waals surface area contributed by atoms with Crippen molar-refractivity contribution in [3.63, 3.8) is 0 Å². The smallest absolute Gasteiger partial charge is 0.220 e. The third-order valence-corrected chi connectivity index (χ3v) is 10.7. The number of rotatable bonds is 11. The van der Waals surface area contributed by atoms with Gasteiger partial charge in [0.05, 0.1) is 22.8 Å². The number of nitrogens with zero attached hydrogens (tertiary/aromatic N) is 9. The Morgan fingerprint density at radius 1 is 1.10 bits per heavy atom. The van der Waals surface area contributed by atoms with Crippen molar-refractivity contribution < 1.29 is 4.74 Å². The van der Waals surface area contributed by atoms with Crippen molar-refractivity contribution in [3.05, 3.63) is 43.5 Å². The van der Waals surface area contributed by atoms with Gasteiger partial charge in [0.1, 0.15) is 30.7 Å². The topological polar surface area (TPSA) is 151 Å².